The number of benzene rings is 4. The smallest absolute Gasteiger partial charge is 0.0126 e. The van der Waals surface area contributed by atoms with E-state index in [0.29, 0.717) is 34.5 Å². The highest BCUT2D eigenvalue weighted by molar-refractivity contribution is 5.64. The average molecular weight is 775 g/mol. The Hall–Kier alpha value is -3.12. The molecule has 0 saturated heterocycles. The summed E-state index contributed by atoms with van der Waals surface area (Å²) in [4.78, 5) is 0. The summed E-state index contributed by atoms with van der Waals surface area (Å²) in [6.45, 7) is 31.2. The third-order valence-electron chi connectivity index (χ3n) is 17.7. The summed E-state index contributed by atoms with van der Waals surface area (Å²) in [6.07, 6.45) is 8.32. The van der Waals surface area contributed by atoms with E-state index in [1.165, 1.54) is 60.8 Å². The monoisotopic (exact) mass is 775 g/mol. The van der Waals surface area contributed by atoms with Crippen LogP contribution in [0.1, 0.15) is 145 Å². The molecular formula is C58H78. The molecule has 11 unspecified atom stereocenters. The highest BCUT2D eigenvalue weighted by atomic mass is 14.7. The summed E-state index contributed by atoms with van der Waals surface area (Å²) in [5.41, 5.74) is 9.72. The van der Waals surface area contributed by atoms with Crippen molar-refractivity contribution in [3.8, 4) is 22.3 Å². The van der Waals surface area contributed by atoms with Gasteiger partial charge in [-0.2, -0.15) is 0 Å². The minimum atomic E-state index is 0.262. The molecule has 0 amide bonds. The van der Waals surface area contributed by atoms with Crippen molar-refractivity contribution in [3.63, 3.8) is 0 Å². The van der Waals surface area contributed by atoms with E-state index in [1.807, 2.05) is 0 Å². The van der Waals surface area contributed by atoms with Crippen LogP contribution in [0.2, 0.25) is 0 Å². The van der Waals surface area contributed by atoms with Crippen molar-refractivity contribution >= 4 is 0 Å². The molecule has 0 heteroatoms. The summed E-state index contributed by atoms with van der Waals surface area (Å²) in [5.74, 6) is 8.93. The average Bonchev–Trinajstić information content (AvgIpc) is 3.75. The van der Waals surface area contributed by atoms with E-state index in [9.17, 15) is 0 Å². The summed E-state index contributed by atoms with van der Waals surface area (Å²) in [5, 5.41) is 0. The predicted octanol–water partition coefficient (Wildman–Crippen LogP) is 16.6. The van der Waals surface area contributed by atoms with Gasteiger partial charge in [0.2, 0.25) is 0 Å². The Balaban J connectivity index is 1.20. The molecule has 4 aliphatic carbocycles. The zero-order chi connectivity index (χ0) is 41.4. The molecule has 4 aromatic rings. The lowest BCUT2D eigenvalue weighted by molar-refractivity contribution is -0.00879. The molecule has 0 spiro atoms. The molecule has 4 aromatic carbocycles. The topological polar surface area (TPSA) is 0 Å². The Morgan fingerprint density at radius 3 is 1.09 bits per heavy atom. The molecule has 0 N–H and O–H groups in total. The Bertz CT molecular complexity index is 1840. The molecule has 4 saturated carbocycles. The van der Waals surface area contributed by atoms with Gasteiger partial charge in [0, 0.05) is 0 Å². The van der Waals surface area contributed by atoms with E-state index < -0.39 is 0 Å². The molecular weight excluding hydrogens is 697 g/mol. The summed E-state index contributed by atoms with van der Waals surface area (Å²) < 4.78 is 0. The zero-order valence-corrected chi connectivity index (χ0v) is 38.6. The molecule has 0 bridgehead atoms. The summed E-state index contributed by atoms with van der Waals surface area (Å²) >= 11 is 0. The van der Waals surface area contributed by atoms with Crippen LogP contribution in [0, 0.1) is 80.8 Å². The van der Waals surface area contributed by atoms with E-state index in [4.69, 9.17) is 0 Å². The summed E-state index contributed by atoms with van der Waals surface area (Å²) in [6, 6.07) is 41.8. The molecule has 4 fully saturated rings. The molecule has 11 atom stereocenters. The fourth-order valence-corrected chi connectivity index (χ4v) is 14.8. The van der Waals surface area contributed by atoms with Crippen LogP contribution < -0.4 is 0 Å². The fourth-order valence-electron chi connectivity index (χ4n) is 14.8. The minimum absolute atomic E-state index is 0.262. The van der Waals surface area contributed by atoms with Crippen LogP contribution in [0.3, 0.4) is 0 Å². The van der Waals surface area contributed by atoms with E-state index in [1.54, 1.807) is 11.1 Å². The van der Waals surface area contributed by atoms with E-state index in [0.717, 1.165) is 47.3 Å². The van der Waals surface area contributed by atoms with E-state index >= 15 is 0 Å². The Kier molecular flexibility index (Phi) is 11.1. The second kappa shape index (κ2) is 15.4. The lowest BCUT2D eigenvalue weighted by Gasteiger charge is -2.51. The van der Waals surface area contributed by atoms with Gasteiger partial charge in [-0.15, -0.1) is 0 Å². The Morgan fingerprint density at radius 2 is 0.741 bits per heavy atom. The predicted molar refractivity (Wildman–Crippen MR) is 250 cm³/mol. The van der Waals surface area contributed by atoms with Gasteiger partial charge < -0.3 is 0 Å². The molecule has 0 radical (unpaired) electrons. The van der Waals surface area contributed by atoms with Gasteiger partial charge in [0.1, 0.15) is 0 Å². The van der Waals surface area contributed by atoms with Crippen molar-refractivity contribution in [2.75, 3.05) is 0 Å². The second-order valence-electron chi connectivity index (χ2n) is 24.2. The van der Waals surface area contributed by atoms with Crippen LogP contribution in [0.4, 0.5) is 0 Å². The first-order valence-corrected chi connectivity index (χ1v) is 23.6. The summed E-state index contributed by atoms with van der Waals surface area (Å²) in [7, 11) is 0. The van der Waals surface area contributed by atoms with Crippen LogP contribution >= 0.6 is 0 Å². The van der Waals surface area contributed by atoms with Gasteiger partial charge in [-0.3, -0.25) is 0 Å². The number of fused-ring (bicyclic) bond motifs is 3. The van der Waals surface area contributed by atoms with Gasteiger partial charge >= 0.3 is 0 Å². The number of hydrogen-bond acceptors (Lipinski definition) is 0. The highest BCUT2D eigenvalue weighted by Gasteiger charge is 2.63. The van der Waals surface area contributed by atoms with Crippen LogP contribution in [-0.4, -0.2) is 0 Å². The molecule has 0 aromatic heterocycles. The normalized spacial score (nSPS) is 33.1. The maximum atomic E-state index is 2.79. The van der Waals surface area contributed by atoms with Crippen molar-refractivity contribution in [3.05, 3.63) is 120 Å². The van der Waals surface area contributed by atoms with Gasteiger partial charge in [0.05, 0.1) is 0 Å². The fraction of sp³-hybridized carbons (Fsp3) is 0.586. The third-order valence-corrected chi connectivity index (χ3v) is 17.7. The van der Waals surface area contributed by atoms with Gasteiger partial charge in [0.15, 0.2) is 0 Å². The first-order valence-electron chi connectivity index (χ1n) is 23.6. The van der Waals surface area contributed by atoms with Gasteiger partial charge in [-0.25, -0.2) is 0 Å². The van der Waals surface area contributed by atoms with Crippen LogP contribution in [0.25, 0.3) is 22.3 Å². The molecule has 4 aliphatic rings. The van der Waals surface area contributed by atoms with Crippen LogP contribution in [0.5, 0.6) is 0 Å². The van der Waals surface area contributed by atoms with Gasteiger partial charge in [0.25, 0.3) is 0 Å². The maximum absolute atomic E-state index is 2.79. The van der Waals surface area contributed by atoms with Crippen molar-refractivity contribution < 1.29 is 0 Å². The molecule has 0 nitrogen and oxygen atoms in total. The van der Waals surface area contributed by atoms with Crippen molar-refractivity contribution in [2.24, 2.45) is 80.8 Å². The molecule has 0 aliphatic heterocycles. The first kappa shape index (κ1) is 41.6. The Labute approximate surface area is 355 Å². The van der Waals surface area contributed by atoms with Crippen molar-refractivity contribution in [1.29, 1.82) is 0 Å². The maximum Gasteiger partial charge on any atom is -0.0126 e. The minimum Gasteiger partial charge on any atom is -0.0622 e. The van der Waals surface area contributed by atoms with E-state index in [2.05, 4.69) is 192 Å². The molecule has 58 heavy (non-hydrogen) atoms. The van der Waals surface area contributed by atoms with Crippen molar-refractivity contribution in [1.82, 2.24) is 0 Å². The second-order valence-corrected chi connectivity index (χ2v) is 24.2. The van der Waals surface area contributed by atoms with E-state index in [-0.39, 0.29) is 10.8 Å². The highest BCUT2D eigenvalue weighted by Crippen LogP contribution is 2.71. The largest absolute Gasteiger partial charge is 0.0622 e. The zero-order valence-electron chi connectivity index (χ0n) is 38.6. The lowest BCUT2D eigenvalue weighted by atomic mass is 9.53. The Morgan fingerprint density at radius 1 is 0.362 bits per heavy atom. The quantitative estimate of drug-likeness (QED) is 0.183. The molecule has 0 heterocycles. The standard InChI is InChI=1S/C58H78/c1-37-31-44(55(2,3)4)32-51(37)58(11,12)54-49-33-45(42-27-23-40(24-28-42)38-19-15-13-16-20-38)52(56(5,6)7)35-47(49)48-36-53(57(8,9)10)46(34-50(48)54)43-29-25-41(26-30-43)39-21-17-14-18-22-39/h13-30,37,44-54H,31-36H2,1-12H3. The molecule has 8 rings (SSSR count). The van der Waals surface area contributed by atoms with Gasteiger partial charge in [-0.05, 0) is 165 Å². The lowest BCUT2D eigenvalue weighted by Crippen LogP contribution is -2.44. The number of rotatable bonds is 6. The van der Waals surface area contributed by atoms with Gasteiger partial charge in [-0.1, -0.05) is 192 Å². The van der Waals surface area contributed by atoms with Crippen molar-refractivity contribution in [2.45, 2.75) is 133 Å². The SMILES string of the molecule is CC1CC(C(C)(C)C)CC1C(C)(C)C1C2CC(c3ccc(-c4ccccc4)cc3)C(C(C)(C)C)CC2C2CC(C(C)(C)C)C(c3ccc(-c4ccccc4)cc3)CC21. The van der Waals surface area contributed by atoms with Crippen LogP contribution in [-0.2, 0) is 0 Å². The van der Waals surface area contributed by atoms with Crippen LogP contribution in [0.15, 0.2) is 109 Å². The molecule has 310 valence electrons. The first-order chi connectivity index (χ1) is 27.3. The third kappa shape index (κ3) is 7.82. The number of hydrogen-bond donors (Lipinski definition) is 0.